The van der Waals surface area contributed by atoms with Gasteiger partial charge in [0.25, 0.3) is 0 Å². The van der Waals surface area contributed by atoms with Crippen LogP contribution in [0.3, 0.4) is 0 Å². The predicted octanol–water partition coefficient (Wildman–Crippen LogP) is 4.24. The Morgan fingerprint density at radius 1 is 1.15 bits per heavy atom. The van der Waals surface area contributed by atoms with Gasteiger partial charge in [0.15, 0.2) is 9.84 Å². The van der Waals surface area contributed by atoms with Gasteiger partial charge in [-0.1, -0.05) is 48.9 Å². The molecular weight excluding hydrogens is 390 g/mol. The quantitative estimate of drug-likeness (QED) is 0.705. The summed E-state index contributed by atoms with van der Waals surface area (Å²) in [4.78, 5) is 12.5. The third-order valence-corrected chi connectivity index (χ3v) is 6.38. The summed E-state index contributed by atoms with van der Waals surface area (Å²) in [7, 11) is -3.22. The molecule has 7 heteroatoms. The molecule has 0 saturated heterocycles. The number of nitrogens with one attached hydrogen (secondary N) is 1. The van der Waals surface area contributed by atoms with Gasteiger partial charge in [0.1, 0.15) is 0 Å². The number of amides is 1. The summed E-state index contributed by atoms with van der Waals surface area (Å²) >= 11 is 7.62. The van der Waals surface area contributed by atoms with Crippen molar-refractivity contribution in [3.63, 3.8) is 0 Å². The number of hydrogen-bond donors (Lipinski definition) is 1. The Morgan fingerprint density at radius 3 is 2.38 bits per heavy atom. The van der Waals surface area contributed by atoms with Crippen molar-refractivity contribution in [1.29, 1.82) is 0 Å². The lowest BCUT2D eigenvalue weighted by Gasteiger charge is -2.18. The first-order valence-electron chi connectivity index (χ1n) is 8.21. The van der Waals surface area contributed by atoms with E-state index >= 15 is 0 Å². The second-order valence-electron chi connectivity index (χ2n) is 5.95. The Kier molecular flexibility index (Phi) is 7.55. The zero-order chi connectivity index (χ0) is 19.2. The van der Waals surface area contributed by atoms with E-state index in [-0.39, 0.29) is 16.8 Å². The van der Waals surface area contributed by atoms with Gasteiger partial charge in [0.05, 0.1) is 16.7 Å². The van der Waals surface area contributed by atoms with E-state index in [4.69, 9.17) is 11.6 Å². The molecule has 140 valence electrons. The molecule has 26 heavy (non-hydrogen) atoms. The number of thioether (sulfide) groups is 1. The number of hydrogen-bond acceptors (Lipinski definition) is 4. The number of benzene rings is 2. The lowest BCUT2D eigenvalue weighted by atomic mass is 10.0. The normalized spacial score (nSPS) is 12.6. The first-order valence-corrected chi connectivity index (χ1v) is 11.6. The monoisotopic (exact) mass is 411 g/mol. The Balaban J connectivity index is 1.90. The molecule has 1 amide bonds. The molecule has 0 radical (unpaired) electrons. The summed E-state index contributed by atoms with van der Waals surface area (Å²) in [5.41, 5.74) is 1.90. The highest BCUT2D eigenvalue weighted by Crippen LogP contribution is 2.22. The Labute approximate surface area is 164 Å². The van der Waals surface area contributed by atoms with E-state index in [0.29, 0.717) is 16.5 Å². The van der Waals surface area contributed by atoms with E-state index in [2.05, 4.69) is 5.32 Å². The van der Waals surface area contributed by atoms with Gasteiger partial charge in [0.2, 0.25) is 5.91 Å². The molecule has 0 unspecified atom stereocenters. The van der Waals surface area contributed by atoms with E-state index in [1.54, 1.807) is 24.3 Å². The summed E-state index contributed by atoms with van der Waals surface area (Å²) in [6.45, 7) is 1.98. The standard InChI is InChI=1S/C19H22ClNO3S2/c1-3-18(14-8-10-16(11-9-14)26(2,23)24)21-19(22)13-25-12-15-6-4-5-7-17(15)20/h4-11,18H,3,12-13H2,1-2H3,(H,21,22)/t18-/m0/s1. The molecule has 2 aromatic carbocycles. The molecule has 0 saturated carbocycles. The first kappa shape index (κ1) is 20.8. The fraction of sp³-hybridized carbons (Fsp3) is 0.316. The van der Waals surface area contributed by atoms with E-state index in [1.165, 1.54) is 18.0 Å². The molecule has 0 bridgehead atoms. The van der Waals surface area contributed by atoms with Crippen molar-refractivity contribution in [2.75, 3.05) is 12.0 Å². The smallest absolute Gasteiger partial charge is 0.230 e. The van der Waals surface area contributed by atoms with Crippen LogP contribution in [-0.4, -0.2) is 26.3 Å². The van der Waals surface area contributed by atoms with Crippen molar-refractivity contribution >= 4 is 39.1 Å². The van der Waals surface area contributed by atoms with Crippen LogP contribution >= 0.6 is 23.4 Å². The van der Waals surface area contributed by atoms with Gasteiger partial charge in [-0.2, -0.15) is 0 Å². The van der Waals surface area contributed by atoms with Crippen molar-refractivity contribution in [2.45, 2.75) is 30.0 Å². The lowest BCUT2D eigenvalue weighted by Crippen LogP contribution is -2.29. The summed E-state index contributed by atoms with van der Waals surface area (Å²) in [5, 5.41) is 3.71. The Hall–Kier alpha value is -1.50. The molecule has 0 aliphatic heterocycles. The zero-order valence-corrected chi connectivity index (χ0v) is 17.1. The third-order valence-electron chi connectivity index (χ3n) is 3.90. The Morgan fingerprint density at radius 2 is 1.81 bits per heavy atom. The summed E-state index contributed by atoms with van der Waals surface area (Å²) in [6, 6.07) is 14.1. The average molecular weight is 412 g/mol. The van der Waals surface area contributed by atoms with Crippen molar-refractivity contribution in [3.8, 4) is 0 Å². The molecule has 0 aliphatic rings. The number of carbonyl (C=O) groups is 1. The van der Waals surface area contributed by atoms with E-state index in [0.717, 1.165) is 17.5 Å². The molecule has 0 aliphatic carbocycles. The molecule has 0 aromatic heterocycles. The molecule has 0 fully saturated rings. The van der Waals surface area contributed by atoms with Gasteiger partial charge in [-0.25, -0.2) is 8.42 Å². The maximum Gasteiger partial charge on any atom is 0.230 e. The maximum atomic E-state index is 12.2. The molecule has 2 rings (SSSR count). The summed E-state index contributed by atoms with van der Waals surface area (Å²) in [5.74, 6) is 0.955. The van der Waals surface area contributed by atoms with Crippen LogP contribution in [0.1, 0.15) is 30.5 Å². The molecule has 2 aromatic rings. The topological polar surface area (TPSA) is 63.2 Å². The van der Waals surface area contributed by atoms with Gasteiger partial charge in [-0.05, 0) is 35.7 Å². The number of sulfone groups is 1. The fourth-order valence-corrected chi connectivity index (χ4v) is 4.23. The van der Waals surface area contributed by atoms with E-state index in [1.807, 2.05) is 31.2 Å². The van der Waals surface area contributed by atoms with Crippen molar-refractivity contribution < 1.29 is 13.2 Å². The lowest BCUT2D eigenvalue weighted by molar-refractivity contribution is -0.119. The van der Waals surface area contributed by atoms with E-state index < -0.39 is 9.84 Å². The molecule has 1 atom stereocenters. The number of carbonyl (C=O) groups excluding carboxylic acids is 1. The van der Waals surface area contributed by atoms with Gasteiger partial charge < -0.3 is 5.32 Å². The second kappa shape index (κ2) is 9.44. The molecular formula is C19H22ClNO3S2. The zero-order valence-electron chi connectivity index (χ0n) is 14.7. The molecule has 4 nitrogen and oxygen atoms in total. The minimum absolute atomic E-state index is 0.0545. The predicted molar refractivity (Wildman–Crippen MR) is 108 cm³/mol. The SMILES string of the molecule is CC[C@H](NC(=O)CSCc1ccccc1Cl)c1ccc(S(C)(=O)=O)cc1. The maximum absolute atomic E-state index is 12.2. The fourth-order valence-electron chi connectivity index (χ4n) is 2.47. The van der Waals surface area contributed by atoms with Crippen LogP contribution in [0.25, 0.3) is 0 Å². The number of halogens is 1. The highest BCUT2D eigenvalue weighted by molar-refractivity contribution is 7.99. The molecule has 0 spiro atoms. The van der Waals surface area contributed by atoms with Crippen molar-refractivity contribution in [1.82, 2.24) is 5.32 Å². The van der Waals surface area contributed by atoms with Crippen LogP contribution < -0.4 is 5.32 Å². The minimum Gasteiger partial charge on any atom is -0.349 e. The largest absolute Gasteiger partial charge is 0.349 e. The van der Waals surface area contributed by atoms with Crippen LogP contribution in [0.4, 0.5) is 0 Å². The van der Waals surface area contributed by atoms with Gasteiger partial charge >= 0.3 is 0 Å². The van der Waals surface area contributed by atoms with Crippen molar-refractivity contribution in [3.05, 3.63) is 64.7 Å². The first-order chi connectivity index (χ1) is 12.3. The number of rotatable bonds is 8. The van der Waals surface area contributed by atoms with Crippen LogP contribution in [0.15, 0.2) is 53.4 Å². The second-order valence-corrected chi connectivity index (χ2v) is 9.36. The third kappa shape index (κ3) is 6.04. The highest BCUT2D eigenvalue weighted by atomic mass is 35.5. The van der Waals surface area contributed by atoms with Crippen LogP contribution in [0, 0.1) is 0 Å². The molecule has 1 N–H and O–H groups in total. The van der Waals surface area contributed by atoms with Crippen molar-refractivity contribution in [2.24, 2.45) is 0 Å². The molecule has 0 heterocycles. The minimum atomic E-state index is -3.22. The van der Waals surface area contributed by atoms with E-state index in [9.17, 15) is 13.2 Å². The van der Waals surface area contributed by atoms with Crippen LogP contribution in [-0.2, 0) is 20.4 Å². The highest BCUT2D eigenvalue weighted by Gasteiger charge is 2.14. The van der Waals surface area contributed by atoms with Crippen LogP contribution in [0.2, 0.25) is 5.02 Å². The van der Waals surface area contributed by atoms with Crippen LogP contribution in [0.5, 0.6) is 0 Å². The average Bonchev–Trinajstić information content (AvgIpc) is 2.61. The summed E-state index contributed by atoms with van der Waals surface area (Å²) < 4.78 is 23.1. The van der Waals surface area contributed by atoms with Gasteiger partial charge in [0, 0.05) is 17.0 Å². The Bertz CT molecular complexity index is 851. The van der Waals surface area contributed by atoms with Gasteiger partial charge in [-0.15, -0.1) is 11.8 Å². The van der Waals surface area contributed by atoms with Gasteiger partial charge in [-0.3, -0.25) is 4.79 Å². The summed E-state index contributed by atoms with van der Waals surface area (Å²) in [6.07, 6.45) is 1.90.